The fourth-order valence-corrected chi connectivity index (χ4v) is 4.65. The van der Waals surface area contributed by atoms with Crippen LogP contribution in [-0.4, -0.2) is 44.1 Å². The molecule has 1 fully saturated rings. The van der Waals surface area contributed by atoms with E-state index in [0.29, 0.717) is 29.3 Å². The third kappa shape index (κ3) is 6.29. The number of hydrogen-bond donors (Lipinski definition) is 1. The van der Waals surface area contributed by atoms with Gasteiger partial charge in [-0.05, 0) is 35.4 Å². The van der Waals surface area contributed by atoms with Crippen LogP contribution in [0, 0.1) is 11.2 Å². The Labute approximate surface area is 239 Å². The summed E-state index contributed by atoms with van der Waals surface area (Å²) in [5, 5.41) is 10.4. The number of rotatable bonds is 9. The van der Waals surface area contributed by atoms with E-state index in [4.69, 9.17) is 9.26 Å². The average Bonchev–Trinajstić information content (AvgIpc) is 3.48. The maximum atomic E-state index is 14.9. The molecule has 0 unspecified atom stereocenters. The van der Waals surface area contributed by atoms with Crippen molar-refractivity contribution in [2.24, 2.45) is 5.41 Å². The lowest BCUT2D eigenvalue weighted by Gasteiger charge is -2.17. The maximum Gasteiger partial charge on any atom is 0.401 e. The summed E-state index contributed by atoms with van der Waals surface area (Å²) in [7, 11) is 1.56. The summed E-state index contributed by atoms with van der Waals surface area (Å²) < 4.78 is 66.9. The molecule has 0 saturated heterocycles. The quantitative estimate of drug-likeness (QED) is 0.244. The molecule has 1 aliphatic rings. The number of halogens is 4. The molecule has 3 aromatic heterocycles. The summed E-state index contributed by atoms with van der Waals surface area (Å²) in [5.74, 6) is -0.724. The molecule has 3 heterocycles. The number of alkyl halides is 3. The topological polar surface area (TPSA) is 108 Å². The number of ether oxygens (including phenoxy) is 1. The van der Waals surface area contributed by atoms with E-state index in [-0.39, 0.29) is 41.8 Å². The molecule has 13 heteroatoms. The molecule has 42 heavy (non-hydrogen) atoms. The number of hydrogen-bond acceptors (Lipinski definition) is 7. The van der Waals surface area contributed by atoms with Crippen molar-refractivity contribution in [2.75, 3.05) is 12.4 Å². The first-order chi connectivity index (χ1) is 19.8. The standard InChI is InChI=1S/C29H30F4N6O3/c1-27(2,3)16-39-15-19(26(37-39)41-4)10-23-34-13-20(14-35-23)17-5-6-18(21(30)9-17)11-25(40)36-24-12-22(42-38-24)28(7-8-28)29(31,32)33/h5-6,9,12-15H,7-8,10-11,16H2,1-4H3,(H,36,38,40). The zero-order valence-corrected chi connectivity index (χ0v) is 23.5. The van der Waals surface area contributed by atoms with E-state index in [1.807, 2.05) is 10.9 Å². The van der Waals surface area contributed by atoms with Crippen molar-refractivity contribution in [1.82, 2.24) is 24.9 Å². The minimum Gasteiger partial charge on any atom is -0.480 e. The Balaban J connectivity index is 1.21. The van der Waals surface area contributed by atoms with Gasteiger partial charge >= 0.3 is 6.18 Å². The number of aromatic nitrogens is 5. The van der Waals surface area contributed by atoms with Crippen molar-refractivity contribution in [1.29, 1.82) is 0 Å². The van der Waals surface area contributed by atoms with Crippen LogP contribution in [0.3, 0.4) is 0 Å². The Morgan fingerprint density at radius 1 is 1.10 bits per heavy atom. The summed E-state index contributed by atoms with van der Waals surface area (Å²) in [5.41, 5.74) is 0.0407. The molecular weight excluding hydrogens is 556 g/mol. The van der Waals surface area contributed by atoms with Crippen LogP contribution in [0.2, 0.25) is 0 Å². The number of methoxy groups -OCH3 is 1. The Kier molecular flexibility index (Phi) is 7.54. The number of benzene rings is 1. The first-order valence-corrected chi connectivity index (χ1v) is 13.3. The van der Waals surface area contributed by atoms with E-state index >= 15 is 0 Å². The predicted molar refractivity (Wildman–Crippen MR) is 144 cm³/mol. The monoisotopic (exact) mass is 586 g/mol. The molecule has 0 spiro atoms. The van der Waals surface area contributed by atoms with Gasteiger partial charge < -0.3 is 14.6 Å². The second-order valence-corrected chi connectivity index (χ2v) is 11.7. The first kappa shape index (κ1) is 29.2. The van der Waals surface area contributed by atoms with Crippen LogP contribution < -0.4 is 10.1 Å². The van der Waals surface area contributed by atoms with Gasteiger partial charge in [0.2, 0.25) is 11.8 Å². The van der Waals surface area contributed by atoms with Gasteiger partial charge in [-0.1, -0.05) is 38.1 Å². The van der Waals surface area contributed by atoms with Gasteiger partial charge in [-0.3, -0.25) is 9.48 Å². The second kappa shape index (κ2) is 10.8. The summed E-state index contributed by atoms with van der Waals surface area (Å²) in [4.78, 5) is 21.3. The Morgan fingerprint density at radius 3 is 2.40 bits per heavy atom. The number of carbonyl (C=O) groups is 1. The molecule has 1 aliphatic carbocycles. The van der Waals surface area contributed by atoms with E-state index in [1.54, 1.807) is 25.6 Å². The molecule has 1 saturated carbocycles. The molecule has 1 amide bonds. The SMILES string of the molecule is COc1nn(CC(C)(C)C)cc1Cc1ncc(-c2ccc(CC(=O)Nc3cc(C4(C(F)(F)F)CC4)on3)c(F)c2)cn1. The van der Waals surface area contributed by atoms with Crippen LogP contribution in [0.1, 0.15) is 56.3 Å². The van der Waals surface area contributed by atoms with Gasteiger partial charge in [0.05, 0.1) is 13.5 Å². The smallest absolute Gasteiger partial charge is 0.401 e. The van der Waals surface area contributed by atoms with Gasteiger partial charge in [-0.2, -0.15) is 13.2 Å². The van der Waals surface area contributed by atoms with Crippen molar-refractivity contribution < 1.29 is 31.6 Å². The van der Waals surface area contributed by atoms with E-state index in [1.165, 1.54) is 12.1 Å². The van der Waals surface area contributed by atoms with Crippen LogP contribution in [0.4, 0.5) is 23.4 Å². The summed E-state index contributed by atoms with van der Waals surface area (Å²) in [6.07, 6.45) is 0.494. The number of carbonyl (C=O) groups excluding carboxylic acids is 1. The largest absolute Gasteiger partial charge is 0.480 e. The highest BCUT2D eigenvalue weighted by Gasteiger charge is 2.66. The van der Waals surface area contributed by atoms with Crippen LogP contribution in [0.25, 0.3) is 11.1 Å². The third-order valence-electron chi connectivity index (χ3n) is 6.96. The molecule has 1 aromatic carbocycles. The maximum absolute atomic E-state index is 14.9. The molecule has 0 radical (unpaired) electrons. The normalized spacial score (nSPS) is 14.6. The molecule has 0 atom stereocenters. The van der Waals surface area contributed by atoms with Crippen LogP contribution in [0.5, 0.6) is 5.88 Å². The summed E-state index contributed by atoms with van der Waals surface area (Å²) in [6.45, 7) is 7.07. The first-order valence-electron chi connectivity index (χ1n) is 13.3. The van der Waals surface area contributed by atoms with Crippen molar-refractivity contribution >= 4 is 11.7 Å². The van der Waals surface area contributed by atoms with Crippen molar-refractivity contribution in [3.8, 4) is 17.0 Å². The predicted octanol–water partition coefficient (Wildman–Crippen LogP) is 5.89. The Bertz CT molecular complexity index is 1580. The molecule has 0 aliphatic heterocycles. The number of nitrogens with one attached hydrogen (secondary N) is 1. The fraction of sp³-hybridized carbons (Fsp3) is 0.414. The van der Waals surface area contributed by atoms with Crippen molar-refractivity contribution in [3.05, 3.63) is 71.4 Å². The van der Waals surface area contributed by atoms with Crippen LogP contribution >= 0.6 is 0 Å². The molecule has 0 bridgehead atoms. The van der Waals surface area contributed by atoms with Gasteiger partial charge in [0.25, 0.3) is 0 Å². The highest BCUT2D eigenvalue weighted by Crippen LogP contribution is 2.59. The fourth-order valence-electron chi connectivity index (χ4n) is 4.65. The minimum absolute atomic E-state index is 0.0430. The summed E-state index contributed by atoms with van der Waals surface area (Å²) >= 11 is 0. The van der Waals surface area contributed by atoms with Crippen LogP contribution in [0.15, 0.2) is 47.4 Å². The molecule has 222 valence electrons. The third-order valence-corrected chi connectivity index (χ3v) is 6.96. The molecule has 4 aromatic rings. The van der Waals surface area contributed by atoms with Gasteiger partial charge in [0.15, 0.2) is 11.6 Å². The number of nitrogens with zero attached hydrogens (tertiary/aromatic N) is 5. The van der Waals surface area contributed by atoms with Gasteiger partial charge in [0.1, 0.15) is 17.1 Å². The number of amides is 1. The Hall–Kier alpha value is -4.29. The second-order valence-electron chi connectivity index (χ2n) is 11.7. The van der Waals surface area contributed by atoms with E-state index in [2.05, 4.69) is 46.3 Å². The molecular formula is C29H30F4N6O3. The molecule has 5 rings (SSSR count). The van der Waals surface area contributed by atoms with Crippen molar-refractivity contribution in [2.45, 2.75) is 64.6 Å². The summed E-state index contributed by atoms with van der Waals surface area (Å²) in [6, 6.07) is 5.44. The number of anilines is 1. The van der Waals surface area contributed by atoms with E-state index < -0.39 is 23.3 Å². The lowest BCUT2D eigenvalue weighted by molar-refractivity contribution is -0.165. The average molecular weight is 587 g/mol. The molecule has 9 nitrogen and oxygen atoms in total. The Morgan fingerprint density at radius 2 is 1.81 bits per heavy atom. The van der Waals surface area contributed by atoms with Gasteiger partial charge in [-0.25, -0.2) is 14.4 Å². The van der Waals surface area contributed by atoms with Crippen LogP contribution in [-0.2, 0) is 29.6 Å². The van der Waals surface area contributed by atoms with E-state index in [9.17, 15) is 22.4 Å². The van der Waals surface area contributed by atoms with Gasteiger partial charge in [0, 0.05) is 48.7 Å². The highest BCUT2D eigenvalue weighted by molar-refractivity contribution is 5.91. The van der Waals surface area contributed by atoms with Gasteiger partial charge in [-0.15, -0.1) is 5.10 Å². The molecule has 1 N–H and O–H groups in total. The zero-order chi connectivity index (χ0) is 30.3. The lowest BCUT2D eigenvalue weighted by atomic mass is 9.97. The minimum atomic E-state index is -4.46. The highest BCUT2D eigenvalue weighted by atomic mass is 19.4. The van der Waals surface area contributed by atoms with E-state index in [0.717, 1.165) is 18.2 Å². The lowest BCUT2D eigenvalue weighted by Crippen LogP contribution is -2.28. The van der Waals surface area contributed by atoms with Crippen molar-refractivity contribution in [3.63, 3.8) is 0 Å². The zero-order valence-electron chi connectivity index (χ0n) is 23.5.